The molecule has 0 fully saturated rings. The first kappa shape index (κ1) is 13.0. The minimum absolute atomic E-state index is 0.315. The molecule has 2 unspecified atom stereocenters. The Bertz CT molecular complexity index is 415. The Kier molecular flexibility index (Phi) is 4.97. The van der Waals surface area contributed by atoms with Crippen molar-refractivity contribution < 1.29 is 9.90 Å². The summed E-state index contributed by atoms with van der Waals surface area (Å²) in [5, 5.41) is 12.6. The number of nitrogens with zero attached hydrogens (tertiary/aromatic N) is 4. The molecule has 0 bridgehead atoms. The lowest BCUT2D eigenvalue weighted by atomic mass is 9.96. The van der Waals surface area contributed by atoms with Crippen LogP contribution >= 0.6 is 0 Å². The summed E-state index contributed by atoms with van der Waals surface area (Å²) in [5.41, 5.74) is 9.01. The highest BCUT2D eigenvalue weighted by molar-refractivity contribution is 5.70. The van der Waals surface area contributed by atoms with Gasteiger partial charge in [0.2, 0.25) is 0 Å². The second kappa shape index (κ2) is 6.50. The van der Waals surface area contributed by atoms with Gasteiger partial charge in [-0.25, -0.2) is 0 Å². The van der Waals surface area contributed by atoms with Crippen LogP contribution in [0.3, 0.4) is 0 Å². The Hall–Kier alpha value is -2.07. The molecule has 0 aromatic carbocycles. The van der Waals surface area contributed by atoms with Gasteiger partial charge in [-0.05, 0) is 24.1 Å². The summed E-state index contributed by atoms with van der Waals surface area (Å²) >= 11 is 0. The molecule has 0 saturated heterocycles. The topological polar surface area (TPSA) is 99.0 Å². The van der Waals surface area contributed by atoms with Gasteiger partial charge >= 0.3 is 5.97 Å². The van der Waals surface area contributed by atoms with Crippen molar-refractivity contribution in [2.45, 2.75) is 25.8 Å². The molecule has 0 aliphatic rings. The van der Waals surface area contributed by atoms with E-state index in [0.29, 0.717) is 12.8 Å². The smallest absolute Gasteiger partial charge is 0.306 e. The number of rotatable bonds is 6. The average Bonchev–Trinajstić information content (AvgIpc) is 2.29. The van der Waals surface area contributed by atoms with Crippen LogP contribution in [0.15, 0.2) is 29.5 Å². The van der Waals surface area contributed by atoms with Crippen molar-refractivity contribution >= 4 is 5.97 Å². The summed E-state index contributed by atoms with van der Waals surface area (Å²) in [6.45, 7) is 1.70. The van der Waals surface area contributed by atoms with E-state index in [2.05, 4.69) is 15.0 Å². The molecule has 6 nitrogen and oxygen atoms in total. The zero-order valence-electron chi connectivity index (χ0n) is 9.52. The number of aliphatic carboxylic acids is 1. The van der Waals surface area contributed by atoms with Gasteiger partial charge in [-0.1, -0.05) is 18.1 Å². The van der Waals surface area contributed by atoms with Gasteiger partial charge in [-0.2, -0.15) is 0 Å². The van der Waals surface area contributed by atoms with Gasteiger partial charge in [-0.15, -0.1) is 0 Å². The molecule has 1 rings (SSSR count). The standard InChI is InChI=1S/C11H14N4O2/c1-8(14-15-12)6-9(11(16)17)7-10-4-2-3-5-13-10/h2-5,8-9H,6-7H2,1H3,(H,16,17). The molecule has 1 heterocycles. The Morgan fingerprint density at radius 2 is 2.41 bits per heavy atom. The third kappa shape index (κ3) is 4.53. The molecule has 90 valence electrons. The lowest BCUT2D eigenvalue weighted by molar-refractivity contribution is -0.142. The molecule has 0 aliphatic carbocycles. The molecule has 2 atom stereocenters. The molecule has 0 saturated carbocycles. The van der Waals surface area contributed by atoms with E-state index in [1.54, 1.807) is 25.3 Å². The summed E-state index contributed by atoms with van der Waals surface area (Å²) in [7, 11) is 0. The fourth-order valence-corrected chi connectivity index (χ4v) is 1.59. The third-order valence-corrected chi connectivity index (χ3v) is 2.41. The second-order valence-electron chi connectivity index (χ2n) is 3.85. The van der Waals surface area contributed by atoms with Crippen molar-refractivity contribution in [3.8, 4) is 0 Å². The van der Waals surface area contributed by atoms with Crippen LogP contribution in [-0.4, -0.2) is 22.1 Å². The summed E-state index contributed by atoms with van der Waals surface area (Å²) in [6.07, 6.45) is 2.29. The quantitative estimate of drug-likeness (QED) is 0.464. The van der Waals surface area contributed by atoms with E-state index in [4.69, 9.17) is 10.6 Å². The number of carbonyl (C=O) groups is 1. The maximum Gasteiger partial charge on any atom is 0.306 e. The highest BCUT2D eigenvalue weighted by Crippen LogP contribution is 2.15. The number of carboxylic acids is 1. The monoisotopic (exact) mass is 234 g/mol. The van der Waals surface area contributed by atoms with Crippen molar-refractivity contribution in [3.63, 3.8) is 0 Å². The van der Waals surface area contributed by atoms with E-state index in [1.807, 2.05) is 6.07 Å². The largest absolute Gasteiger partial charge is 0.481 e. The predicted octanol–water partition coefficient (Wildman–Crippen LogP) is 2.41. The maximum absolute atomic E-state index is 11.1. The van der Waals surface area contributed by atoms with E-state index in [-0.39, 0.29) is 6.04 Å². The van der Waals surface area contributed by atoms with E-state index in [1.165, 1.54) is 0 Å². The number of azide groups is 1. The van der Waals surface area contributed by atoms with Gasteiger partial charge in [0.15, 0.2) is 0 Å². The first-order valence-electron chi connectivity index (χ1n) is 5.30. The van der Waals surface area contributed by atoms with Crippen molar-refractivity contribution in [1.29, 1.82) is 0 Å². The summed E-state index contributed by atoms with van der Waals surface area (Å²) in [4.78, 5) is 17.8. The van der Waals surface area contributed by atoms with Crippen molar-refractivity contribution in [2.75, 3.05) is 0 Å². The van der Waals surface area contributed by atoms with E-state index >= 15 is 0 Å². The van der Waals surface area contributed by atoms with Crippen LogP contribution in [0.25, 0.3) is 10.4 Å². The molecule has 1 aromatic heterocycles. The zero-order valence-corrected chi connectivity index (χ0v) is 9.52. The normalized spacial score (nSPS) is 13.5. The van der Waals surface area contributed by atoms with Crippen LogP contribution in [0.1, 0.15) is 19.0 Å². The zero-order chi connectivity index (χ0) is 12.7. The van der Waals surface area contributed by atoms with Crippen LogP contribution < -0.4 is 0 Å². The average molecular weight is 234 g/mol. The van der Waals surface area contributed by atoms with Gasteiger partial charge in [0.05, 0.1) is 5.92 Å². The molecule has 17 heavy (non-hydrogen) atoms. The van der Waals surface area contributed by atoms with Crippen LogP contribution in [0, 0.1) is 5.92 Å². The molecule has 0 amide bonds. The van der Waals surface area contributed by atoms with E-state index in [9.17, 15) is 4.79 Å². The Labute approximate surface area is 98.9 Å². The third-order valence-electron chi connectivity index (χ3n) is 2.41. The van der Waals surface area contributed by atoms with Crippen molar-refractivity contribution in [3.05, 3.63) is 40.5 Å². The second-order valence-corrected chi connectivity index (χ2v) is 3.85. The van der Waals surface area contributed by atoms with Crippen LogP contribution in [0.2, 0.25) is 0 Å². The lowest BCUT2D eigenvalue weighted by Gasteiger charge is -2.13. The van der Waals surface area contributed by atoms with Gasteiger partial charge in [-0.3, -0.25) is 9.78 Å². The molecule has 0 spiro atoms. The molecular weight excluding hydrogens is 220 g/mol. The maximum atomic E-state index is 11.1. The first-order chi connectivity index (χ1) is 8.13. The van der Waals surface area contributed by atoms with E-state index < -0.39 is 11.9 Å². The minimum atomic E-state index is -0.893. The first-order valence-corrected chi connectivity index (χ1v) is 5.30. The highest BCUT2D eigenvalue weighted by Gasteiger charge is 2.20. The minimum Gasteiger partial charge on any atom is -0.481 e. The van der Waals surface area contributed by atoms with Gasteiger partial charge in [0.1, 0.15) is 0 Å². The summed E-state index contributed by atoms with van der Waals surface area (Å²) in [5.74, 6) is -1.47. The van der Waals surface area contributed by atoms with Crippen LogP contribution in [0.5, 0.6) is 0 Å². The fourth-order valence-electron chi connectivity index (χ4n) is 1.59. The molecule has 6 heteroatoms. The molecule has 1 aromatic rings. The molecular formula is C11H14N4O2. The highest BCUT2D eigenvalue weighted by atomic mass is 16.4. The van der Waals surface area contributed by atoms with E-state index in [0.717, 1.165) is 5.69 Å². The van der Waals surface area contributed by atoms with Gasteiger partial charge < -0.3 is 5.11 Å². The van der Waals surface area contributed by atoms with Crippen molar-refractivity contribution in [2.24, 2.45) is 11.0 Å². The Morgan fingerprint density at radius 3 is 2.94 bits per heavy atom. The number of pyridine rings is 1. The van der Waals surface area contributed by atoms with Gasteiger partial charge in [0.25, 0.3) is 0 Å². The summed E-state index contributed by atoms with van der Waals surface area (Å²) < 4.78 is 0. The molecule has 0 aliphatic heterocycles. The SMILES string of the molecule is CC(CC(Cc1ccccn1)C(=O)O)N=[N+]=[N-]. The van der Waals surface area contributed by atoms with Crippen LogP contribution in [-0.2, 0) is 11.2 Å². The van der Waals surface area contributed by atoms with Gasteiger partial charge in [0, 0.05) is 29.3 Å². The lowest BCUT2D eigenvalue weighted by Crippen LogP contribution is -2.21. The Morgan fingerprint density at radius 1 is 1.65 bits per heavy atom. The number of hydrogen-bond donors (Lipinski definition) is 1. The number of hydrogen-bond acceptors (Lipinski definition) is 3. The number of aromatic nitrogens is 1. The summed E-state index contributed by atoms with van der Waals surface area (Å²) in [6, 6.07) is 5.05. The fraction of sp³-hybridized carbons (Fsp3) is 0.455. The van der Waals surface area contributed by atoms with Crippen molar-refractivity contribution in [1.82, 2.24) is 4.98 Å². The molecule has 0 radical (unpaired) electrons. The van der Waals surface area contributed by atoms with Crippen LogP contribution in [0.4, 0.5) is 0 Å². The predicted molar refractivity (Wildman–Crippen MR) is 62.3 cm³/mol. The molecule has 1 N–H and O–H groups in total. The number of carboxylic acid groups (broad SMARTS) is 1. The Balaban J connectivity index is 2.67.